The number of hydrogen-bond donors (Lipinski definition) is 2. The molecule has 0 unspecified atom stereocenters. The van der Waals surface area contributed by atoms with Crippen LogP contribution in [0.25, 0.3) is 0 Å². The maximum Gasteiger partial charge on any atom is 0.337 e. The van der Waals surface area contributed by atoms with Crippen molar-refractivity contribution in [2.75, 3.05) is 0 Å². The minimum Gasteiger partial charge on any atom is -0.428 e. The number of hydrogen-bond acceptors (Lipinski definition) is 4. The van der Waals surface area contributed by atoms with E-state index in [1.807, 2.05) is 6.92 Å². The van der Waals surface area contributed by atoms with E-state index < -0.39 is 18.4 Å². The fourth-order valence-electron chi connectivity index (χ4n) is 3.80. The predicted octanol–water partition coefficient (Wildman–Crippen LogP) is 1.68. The molecule has 1 heterocycles. The Bertz CT molecular complexity index is 512. The van der Waals surface area contributed by atoms with Gasteiger partial charge in [-0.2, -0.15) is 0 Å². The van der Waals surface area contributed by atoms with Gasteiger partial charge in [-0.25, -0.2) is 4.79 Å². The highest BCUT2D eigenvalue weighted by atomic mass is 16.6. The zero-order chi connectivity index (χ0) is 13.9. The van der Waals surface area contributed by atoms with Crippen LogP contribution in [0, 0.1) is 11.3 Å². The summed E-state index contributed by atoms with van der Waals surface area (Å²) in [4.78, 5) is 11.7. The van der Waals surface area contributed by atoms with Crippen LogP contribution in [-0.2, 0) is 9.53 Å². The normalized spacial score (nSPS) is 37.1. The van der Waals surface area contributed by atoms with Crippen molar-refractivity contribution >= 4 is 5.97 Å². The minimum atomic E-state index is -1.27. The number of aliphatic hydroxyl groups excluding tert-OH is 2. The molecular weight excluding hydrogens is 244 g/mol. The molecule has 0 saturated heterocycles. The van der Waals surface area contributed by atoms with E-state index in [2.05, 4.69) is 13.8 Å². The van der Waals surface area contributed by atoms with Gasteiger partial charge in [-0.05, 0) is 25.2 Å². The fourth-order valence-corrected chi connectivity index (χ4v) is 3.80. The Hall–Kier alpha value is -1.13. The van der Waals surface area contributed by atoms with E-state index in [1.165, 1.54) is 5.57 Å². The lowest BCUT2D eigenvalue weighted by Gasteiger charge is -2.23. The second kappa shape index (κ2) is 3.93. The van der Waals surface area contributed by atoms with Crippen molar-refractivity contribution in [3.05, 3.63) is 22.3 Å². The SMILES string of the molecule is CC1=C2CC(C)(C)C[C@@H]2[C@@H](O)C2=C(C1)C(=O)O[C@@H]2O. The molecule has 0 aromatic heterocycles. The van der Waals surface area contributed by atoms with E-state index in [4.69, 9.17) is 4.74 Å². The minimum absolute atomic E-state index is 0.00616. The van der Waals surface area contributed by atoms with Gasteiger partial charge in [-0.3, -0.25) is 0 Å². The molecule has 0 aromatic rings. The van der Waals surface area contributed by atoms with Gasteiger partial charge < -0.3 is 14.9 Å². The molecule has 19 heavy (non-hydrogen) atoms. The van der Waals surface area contributed by atoms with E-state index in [0.29, 0.717) is 17.6 Å². The zero-order valence-corrected chi connectivity index (χ0v) is 11.6. The molecule has 1 fully saturated rings. The van der Waals surface area contributed by atoms with Crippen LogP contribution in [0.4, 0.5) is 0 Å². The van der Waals surface area contributed by atoms with Gasteiger partial charge in [0, 0.05) is 23.5 Å². The standard InChI is InChI=1S/C15H20O4/c1-7-4-8-11(14(18)19-13(8)17)12(16)10-6-15(2,3)5-9(7)10/h10,12,14,16,18H,4-6H2,1-3H3/t10-,12+,14-/m0/s1. The predicted molar refractivity (Wildman–Crippen MR) is 69.0 cm³/mol. The van der Waals surface area contributed by atoms with Gasteiger partial charge in [0.15, 0.2) is 0 Å². The highest BCUT2D eigenvalue weighted by molar-refractivity contribution is 5.93. The lowest BCUT2D eigenvalue weighted by atomic mass is 9.86. The number of carbonyl (C=O) groups excluding carboxylic acids is 1. The third-order valence-corrected chi connectivity index (χ3v) is 4.66. The van der Waals surface area contributed by atoms with Crippen molar-refractivity contribution < 1.29 is 19.7 Å². The highest BCUT2D eigenvalue weighted by Gasteiger charge is 2.47. The Morgan fingerprint density at radius 2 is 2.00 bits per heavy atom. The van der Waals surface area contributed by atoms with Crippen LogP contribution in [0.15, 0.2) is 22.3 Å². The summed E-state index contributed by atoms with van der Waals surface area (Å²) in [6.45, 7) is 6.40. The first-order valence-corrected chi connectivity index (χ1v) is 6.79. The molecule has 0 radical (unpaired) electrons. The summed E-state index contributed by atoms with van der Waals surface area (Å²) in [6, 6.07) is 0. The Morgan fingerprint density at radius 1 is 1.32 bits per heavy atom. The van der Waals surface area contributed by atoms with Crippen molar-refractivity contribution in [3.63, 3.8) is 0 Å². The molecule has 3 atom stereocenters. The van der Waals surface area contributed by atoms with Crippen molar-refractivity contribution in [1.82, 2.24) is 0 Å². The molecule has 3 rings (SSSR count). The van der Waals surface area contributed by atoms with Gasteiger partial charge in [0.25, 0.3) is 0 Å². The molecule has 104 valence electrons. The van der Waals surface area contributed by atoms with Gasteiger partial charge in [-0.1, -0.05) is 25.0 Å². The number of rotatable bonds is 0. The Kier molecular flexibility index (Phi) is 2.67. The Morgan fingerprint density at radius 3 is 2.68 bits per heavy atom. The molecule has 3 aliphatic rings. The van der Waals surface area contributed by atoms with Crippen molar-refractivity contribution in [3.8, 4) is 0 Å². The largest absolute Gasteiger partial charge is 0.428 e. The van der Waals surface area contributed by atoms with Gasteiger partial charge >= 0.3 is 5.97 Å². The number of cyclic esters (lactones) is 1. The Balaban J connectivity index is 2.07. The van der Waals surface area contributed by atoms with E-state index in [0.717, 1.165) is 18.4 Å². The molecule has 4 nitrogen and oxygen atoms in total. The van der Waals surface area contributed by atoms with Crippen LogP contribution in [0.2, 0.25) is 0 Å². The lowest BCUT2D eigenvalue weighted by Crippen LogP contribution is -2.28. The number of aliphatic hydroxyl groups is 2. The topological polar surface area (TPSA) is 66.8 Å². The van der Waals surface area contributed by atoms with Crippen molar-refractivity contribution in [2.45, 2.75) is 52.4 Å². The molecule has 0 bridgehead atoms. The molecule has 2 aliphatic carbocycles. The quantitative estimate of drug-likeness (QED) is 0.516. The smallest absolute Gasteiger partial charge is 0.337 e. The molecule has 1 aliphatic heterocycles. The van der Waals surface area contributed by atoms with Crippen LogP contribution in [0.1, 0.15) is 40.0 Å². The third-order valence-electron chi connectivity index (χ3n) is 4.66. The molecule has 2 N–H and O–H groups in total. The van der Waals surface area contributed by atoms with E-state index >= 15 is 0 Å². The van der Waals surface area contributed by atoms with Crippen LogP contribution in [0.3, 0.4) is 0 Å². The first-order valence-electron chi connectivity index (χ1n) is 6.79. The van der Waals surface area contributed by atoms with Gasteiger partial charge in [0.2, 0.25) is 6.29 Å². The molecule has 1 saturated carbocycles. The van der Waals surface area contributed by atoms with Gasteiger partial charge in [0.1, 0.15) is 0 Å². The molecule has 0 spiro atoms. The van der Waals surface area contributed by atoms with Crippen molar-refractivity contribution in [2.24, 2.45) is 11.3 Å². The first-order chi connectivity index (χ1) is 8.80. The fraction of sp³-hybridized carbons (Fsp3) is 0.667. The van der Waals surface area contributed by atoms with E-state index in [-0.39, 0.29) is 11.3 Å². The summed E-state index contributed by atoms with van der Waals surface area (Å²) < 4.78 is 4.84. The molecular formula is C15H20O4. The third kappa shape index (κ3) is 1.85. The summed E-state index contributed by atoms with van der Waals surface area (Å²) >= 11 is 0. The number of carbonyl (C=O) groups is 1. The van der Waals surface area contributed by atoms with E-state index in [9.17, 15) is 15.0 Å². The molecule has 4 heteroatoms. The lowest BCUT2D eigenvalue weighted by molar-refractivity contribution is -0.153. The first kappa shape index (κ1) is 12.9. The van der Waals surface area contributed by atoms with Crippen molar-refractivity contribution in [1.29, 1.82) is 0 Å². The van der Waals surface area contributed by atoms with Crippen LogP contribution in [-0.4, -0.2) is 28.6 Å². The summed E-state index contributed by atoms with van der Waals surface area (Å²) in [5.41, 5.74) is 3.41. The van der Waals surface area contributed by atoms with Gasteiger partial charge in [0.05, 0.1) is 6.10 Å². The number of esters is 1. The average Bonchev–Trinajstić information content (AvgIpc) is 2.73. The number of allylic oxidation sites excluding steroid dienone is 1. The average molecular weight is 264 g/mol. The van der Waals surface area contributed by atoms with Crippen LogP contribution >= 0.6 is 0 Å². The van der Waals surface area contributed by atoms with Crippen LogP contribution < -0.4 is 0 Å². The maximum atomic E-state index is 11.7. The highest BCUT2D eigenvalue weighted by Crippen LogP contribution is 2.51. The summed E-state index contributed by atoms with van der Waals surface area (Å²) in [5, 5.41) is 20.4. The molecule has 0 amide bonds. The Labute approximate surface area is 112 Å². The summed E-state index contributed by atoms with van der Waals surface area (Å²) in [7, 11) is 0. The second-order valence-electron chi connectivity index (χ2n) is 6.77. The number of ether oxygens (including phenoxy) is 1. The summed E-state index contributed by atoms with van der Waals surface area (Å²) in [6.07, 6.45) is 0.244. The summed E-state index contributed by atoms with van der Waals surface area (Å²) in [5.74, 6) is -0.479. The van der Waals surface area contributed by atoms with E-state index in [1.54, 1.807) is 0 Å². The number of fused-ring (bicyclic) bond motifs is 1. The van der Waals surface area contributed by atoms with Gasteiger partial charge in [-0.15, -0.1) is 0 Å². The molecule has 0 aromatic carbocycles. The van der Waals surface area contributed by atoms with Crippen LogP contribution in [0.5, 0.6) is 0 Å². The maximum absolute atomic E-state index is 11.7. The zero-order valence-electron chi connectivity index (χ0n) is 11.6. The monoisotopic (exact) mass is 264 g/mol. The second-order valence-corrected chi connectivity index (χ2v) is 6.77.